The molecule has 1 aromatic heterocycles. The zero-order valence-corrected chi connectivity index (χ0v) is 25.3. The van der Waals surface area contributed by atoms with E-state index in [4.69, 9.17) is 14.2 Å². The number of aromatic amines is 1. The van der Waals surface area contributed by atoms with Crippen molar-refractivity contribution in [3.63, 3.8) is 0 Å². The normalized spacial score (nSPS) is 19.5. The Balaban J connectivity index is 1.74. The summed E-state index contributed by atoms with van der Waals surface area (Å²) in [5, 5.41) is 0.937. The number of fused-ring (bicyclic) bond motifs is 1. The molecule has 7 nitrogen and oxygen atoms in total. The van der Waals surface area contributed by atoms with E-state index in [0.29, 0.717) is 23.3 Å². The highest BCUT2D eigenvalue weighted by molar-refractivity contribution is 6.02. The number of carbonyl (C=O) groups is 2. The molecule has 2 aliphatic rings. The van der Waals surface area contributed by atoms with E-state index < -0.39 is 29.6 Å². The van der Waals surface area contributed by atoms with Gasteiger partial charge in [0.05, 0.1) is 41.6 Å². The van der Waals surface area contributed by atoms with E-state index in [-0.39, 0.29) is 13.2 Å². The molecule has 0 radical (unpaired) electrons. The third-order valence-electron chi connectivity index (χ3n) is 7.99. The van der Waals surface area contributed by atoms with E-state index in [1.165, 1.54) is 5.56 Å². The number of aromatic nitrogens is 1. The van der Waals surface area contributed by atoms with Crippen LogP contribution in [0.5, 0.6) is 0 Å². The fourth-order valence-corrected chi connectivity index (χ4v) is 6.33. The van der Waals surface area contributed by atoms with Crippen LogP contribution in [0.4, 0.5) is 0 Å². The molecule has 41 heavy (non-hydrogen) atoms. The predicted octanol–water partition coefficient (Wildman–Crippen LogP) is 6.70. The third-order valence-corrected chi connectivity index (χ3v) is 7.99. The number of nitrogens with one attached hydrogen (secondary N) is 1. The van der Waals surface area contributed by atoms with E-state index in [9.17, 15) is 9.59 Å². The molecule has 0 fully saturated rings. The maximum Gasteiger partial charge on any atom is 0.337 e. The van der Waals surface area contributed by atoms with Gasteiger partial charge in [-0.15, -0.1) is 0 Å². The second-order valence-corrected chi connectivity index (χ2v) is 12.0. The Kier molecular flexibility index (Phi) is 7.60. The first-order valence-electron chi connectivity index (χ1n) is 14.3. The monoisotopic (exact) mass is 556 g/mol. The molecule has 3 aromatic rings. The van der Waals surface area contributed by atoms with Crippen molar-refractivity contribution < 1.29 is 23.8 Å². The van der Waals surface area contributed by atoms with Crippen molar-refractivity contribution in [2.75, 3.05) is 20.3 Å². The van der Waals surface area contributed by atoms with Gasteiger partial charge >= 0.3 is 11.9 Å². The molecular formula is C34H40N2O5. The Morgan fingerprint density at radius 2 is 1.83 bits per heavy atom. The van der Waals surface area contributed by atoms with E-state index in [2.05, 4.69) is 37.9 Å². The number of aryl methyl sites for hydroxylation is 3. The minimum Gasteiger partial charge on any atom is -0.463 e. The molecular weight excluding hydrogens is 516 g/mol. The SMILES string of the molecule is CCOC(=O)C1=C(COC(C)(C)C)N(C)C2=C(C(=O)OC(c3c(C)cc(C)cc3C)C2)C1c1cccc2[nH]ccc12. The molecule has 0 bridgehead atoms. The summed E-state index contributed by atoms with van der Waals surface area (Å²) in [5.74, 6) is -1.55. The van der Waals surface area contributed by atoms with Gasteiger partial charge in [-0.25, -0.2) is 9.59 Å². The number of likely N-dealkylation sites (N-methyl/N-ethyl adjacent to an activating group) is 1. The standard InChI is InChI=1S/C34H40N2O5/c1-9-39-32(37)31-26(18-40-34(5,6)7)36(8)25-17-27(28-20(3)15-19(2)16-21(28)4)41-33(38)30(25)29(31)23-11-10-12-24-22(23)13-14-35-24/h10-16,27,29,35H,9,17-18H2,1-8H3. The number of rotatable bonds is 6. The van der Waals surface area contributed by atoms with E-state index >= 15 is 0 Å². The molecule has 7 heteroatoms. The number of carbonyl (C=O) groups excluding carboxylic acids is 2. The lowest BCUT2D eigenvalue weighted by molar-refractivity contribution is -0.147. The topological polar surface area (TPSA) is 80.9 Å². The van der Waals surface area contributed by atoms with Crippen LogP contribution in [0.2, 0.25) is 0 Å². The van der Waals surface area contributed by atoms with Gasteiger partial charge in [-0.2, -0.15) is 0 Å². The molecule has 1 N–H and O–H groups in total. The Bertz CT molecular complexity index is 1560. The molecule has 2 unspecified atom stereocenters. The Morgan fingerprint density at radius 3 is 2.49 bits per heavy atom. The van der Waals surface area contributed by atoms with Crippen molar-refractivity contribution in [1.29, 1.82) is 0 Å². The molecule has 0 aliphatic carbocycles. The number of benzene rings is 2. The number of ether oxygens (including phenoxy) is 3. The van der Waals surface area contributed by atoms with Gasteiger partial charge in [-0.1, -0.05) is 29.8 Å². The smallest absolute Gasteiger partial charge is 0.337 e. The van der Waals surface area contributed by atoms with Crippen molar-refractivity contribution in [1.82, 2.24) is 9.88 Å². The van der Waals surface area contributed by atoms with E-state index in [0.717, 1.165) is 38.9 Å². The van der Waals surface area contributed by atoms with Crippen molar-refractivity contribution >= 4 is 22.8 Å². The van der Waals surface area contributed by atoms with Crippen LogP contribution in [0.3, 0.4) is 0 Å². The number of hydrogen-bond donors (Lipinski definition) is 1. The summed E-state index contributed by atoms with van der Waals surface area (Å²) in [7, 11) is 1.91. The van der Waals surface area contributed by atoms with E-state index in [1.807, 2.05) is 63.2 Å². The lowest BCUT2D eigenvalue weighted by Crippen LogP contribution is -2.40. The first-order valence-corrected chi connectivity index (χ1v) is 14.3. The minimum atomic E-state index is -0.674. The van der Waals surface area contributed by atoms with Crippen LogP contribution in [0.1, 0.15) is 74.0 Å². The quantitative estimate of drug-likeness (QED) is 0.341. The third kappa shape index (κ3) is 5.31. The van der Waals surface area contributed by atoms with Crippen LogP contribution < -0.4 is 0 Å². The summed E-state index contributed by atoms with van der Waals surface area (Å²) >= 11 is 0. The van der Waals surface area contributed by atoms with Gasteiger partial charge in [-0.3, -0.25) is 0 Å². The molecule has 0 saturated heterocycles. The lowest BCUT2D eigenvalue weighted by atomic mass is 9.76. The van der Waals surface area contributed by atoms with Gasteiger partial charge in [0.2, 0.25) is 0 Å². The number of cyclic esters (lactones) is 1. The summed E-state index contributed by atoms with van der Waals surface area (Å²) < 4.78 is 18.1. The van der Waals surface area contributed by atoms with Gasteiger partial charge in [0, 0.05) is 36.3 Å². The summed E-state index contributed by atoms with van der Waals surface area (Å²) in [6.45, 7) is 14.3. The molecule has 5 rings (SSSR count). The average Bonchev–Trinajstić information content (AvgIpc) is 3.36. The van der Waals surface area contributed by atoms with Gasteiger partial charge in [0.1, 0.15) is 6.10 Å². The van der Waals surface area contributed by atoms with Crippen molar-refractivity contribution in [2.45, 2.75) is 72.5 Å². The second kappa shape index (κ2) is 10.9. The van der Waals surface area contributed by atoms with Crippen molar-refractivity contribution in [3.8, 4) is 0 Å². The van der Waals surface area contributed by atoms with Gasteiger partial charge < -0.3 is 24.1 Å². The molecule has 2 atom stereocenters. The minimum absolute atomic E-state index is 0.187. The van der Waals surface area contributed by atoms with Crippen molar-refractivity contribution in [3.05, 3.63) is 93.0 Å². The van der Waals surface area contributed by atoms with Gasteiger partial charge in [0.25, 0.3) is 0 Å². The number of H-pyrrole nitrogens is 1. The lowest BCUT2D eigenvalue weighted by Gasteiger charge is -2.42. The van der Waals surface area contributed by atoms with Crippen LogP contribution in [0, 0.1) is 20.8 Å². The van der Waals surface area contributed by atoms with Crippen LogP contribution in [0.25, 0.3) is 10.9 Å². The molecule has 2 aliphatic heterocycles. The Morgan fingerprint density at radius 1 is 1.12 bits per heavy atom. The van der Waals surface area contributed by atoms with Crippen LogP contribution in [-0.4, -0.2) is 47.7 Å². The molecule has 0 amide bonds. The average molecular weight is 557 g/mol. The summed E-state index contributed by atoms with van der Waals surface area (Å²) in [6.07, 6.45) is 1.91. The van der Waals surface area contributed by atoms with Crippen LogP contribution in [0.15, 0.2) is 65.1 Å². The molecule has 3 heterocycles. The van der Waals surface area contributed by atoms with Gasteiger partial charge in [-0.05, 0) is 82.9 Å². The number of hydrogen-bond acceptors (Lipinski definition) is 6. The first-order chi connectivity index (χ1) is 19.4. The summed E-state index contributed by atoms with van der Waals surface area (Å²) in [5.41, 5.74) is 8.13. The maximum absolute atomic E-state index is 14.1. The maximum atomic E-state index is 14.1. The number of esters is 2. The molecule has 216 valence electrons. The van der Waals surface area contributed by atoms with Crippen LogP contribution in [-0.2, 0) is 23.8 Å². The molecule has 0 saturated carbocycles. The van der Waals surface area contributed by atoms with E-state index in [1.54, 1.807) is 6.92 Å². The Labute approximate surface area is 242 Å². The highest BCUT2D eigenvalue weighted by Gasteiger charge is 2.46. The Hall–Kier alpha value is -3.84. The van der Waals surface area contributed by atoms with Gasteiger partial charge in [0.15, 0.2) is 0 Å². The highest BCUT2D eigenvalue weighted by atomic mass is 16.5. The predicted molar refractivity (Wildman–Crippen MR) is 159 cm³/mol. The summed E-state index contributed by atoms with van der Waals surface area (Å²) in [6, 6.07) is 12.1. The zero-order chi connectivity index (χ0) is 29.6. The second-order valence-electron chi connectivity index (χ2n) is 12.0. The van der Waals surface area contributed by atoms with Crippen LogP contribution >= 0.6 is 0 Å². The highest BCUT2D eigenvalue weighted by Crippen LogP contribution is 2.49. The largest absolute Gasteiger partial charge is 0.463 e. The summed E-state index contributed by atoms with van der Waals surface area (Å²) in [4.78, 5) is 33.1. The fraction of sp³-hybridized carbons (Fsp3) is 0.412. The first kappa shape index (κ1) is 28.7. The molecule has 0 spiro atoms. The number of nitrogens with zero attached hydrogens (tertiary/aromatic N) is 1. The fourth-order valence-electron chi connectivity index (χ4n) is 6.33. The zero-order valence-electron chi connectivity index (χ0n) is 25.3. The van der Waals surface area contributed by atoms with Crippen molar-refractivity contribution in [2.24, 2.45) is 0 Å². The molecule has 2 aromatic carbocycles.